The third-order valence-electron chi connectivity index (χ3n) is 3.89. The van der Waals surface area contributed by atoms with Crippen LogP contribution in [0.1, 0.15) is 43.7 Å². The number of benzene rings is 1. The maximum absolute atomic E-state index is 8.79. The van der Waals surface area contributed by atoms with Crippen LogP contribution in [0, 0.1) is 5.92 Å². The Balaban J connectivity index is 2.03. The lowest BCUT2D eigenvalue weighted by molar-refractivity contribution is -0.0155. The summed E-state index contributed by atoms with van der Waals surface area (Å²) in [5, 5.41) is 11.9. The van der Waals surface area contributed by atoms with Crippen LogP contribution < -0.4 is 5.73 Å². The highest BCUT2D eigenvalue weighted by Crippen LogP contribution is 2.27. The second-order valence-electron chi connectivity index (χ2n) is 5.25. The van der Waals surface area contributed by atoms with Gasteiger partial charge in [0.1, 0.15) is 0 Å². The molecule has 2 rings (SSSR count). The van der Waals surface area contributed by atoms with Gasteiger partial charge in [0.15, 0.2) is 5.84 Å². The topological polar surface area (TPSA) is 67.8 Å². The maximum Gasteiger partial charge on any atom is 0.170 e. The summed E-state index contributed by atoms with van der Waals surface area (Å²) in [4.78, 5) is 0. The smallest absolute Gasteiger partial charge is 0.170 e. The van der Waals surface area contributed by atoms with E-state index in [4.69, 9.17) is 15.7 Å². The van der Waals surface area contributed by atoms with Crippen LogP contribution in [0.25, 0.3) is 0 Å². The second kappa shape index (κ2) is 6.57. The number of hydrogen-bond donors (Lipinski definition) is 2. The van der Waals surface area contributed by atoms with Gasteiger partial charge in [-0.2, -0.15) is 0 Å². The normalized spacial score (nSPS) is 24.4. The van der Waals surface area contributed by atoms with E-state index in [2.05, 4.69) is 12.1 Å². The number of ether oxygens (including phenoxy) is 1. The summed E-state index contributed by atoms with van der Waals surface area (Å²) in [5.41, 5.74) is 7.39. The van der Waals surface area contributed by atoms with Crippen LogP contribution in [-0.4, -0.2) is 17.1 Å². The standard InChI is InChI=1S/C15H22N2O2/c1-11-6-2-5-9-14(11)19-10-12-7-3-4-8-13(12)15(16)17-18/h3-4,7-8,11,14,18H,2,5-6,9-10H2,1H3,(H2,16,17). The molecular formula is C15H22N2O2. The SMILES string of the molecule is CC1CCCCC1OCc1ccccc1/C(N)=N/O. The Morgan fingerprint density at radius 3 is 2.84 bits per heavy atom. The minimum atomic E-state index is 0.135. The summed E-state index contributed by atoms with van der Waals surface area (Å²) >= 11 is 0. The van der Waals surface area contributed by atoms with E-state index in [1.165, 1.54) is 19.3 Å². The number of hydrogen-bond acceptors (Lipinski definition) is 3. The summed E-state index contributed by atoms with van der Waals surface area (Å²) < 4.78 is 6.02. The van der Waals surface area contributed by atoms with Gasteiger partial charge in [0, 0.05) is 5.56 Å². The van der Waals surface area contributed by atoms with Gasteiger partial charge in [0.05, 0.1) is 12.7 Å². The molecule has 0 radical (unpaired) electrons. The Morgan fingerprint density at radius 1 is 1.37 bits per heavy atom. The molecule has 1 aromatic carbocycles. The van der Waals surface area contributed by atoms with Crippen LogP contribution in [0.2, 0.25) is 0 Å². The van der Waals surface area contributed by atoms with Crippen molar-refractivity contribution < 1.29 is 9.94 Å². The average Bonchev–Trinajstić information content (AvgIpc) is 2.46. The Morgan fingerprint density at radius 2 is 2.11 bits per heavy atom. The average molecular weight is 262 g/mol. The zero-order valence-corrected chi connectivity index (χ0v) is 11.4. The lowest BCUT2D eigenvalue weighted by Crippen LogP contribution is -2.26. The van der Waals surface area contributed by atoms with E-state index in [1.54, 1.807) is 0 Å². The summed E-state index contributed by atoms with van der Waals surface area (Å²) in [6.45, 7) is 2.76. The minimum absolute atomic E-state index is 0.135. The van der Waals surface area contributed by atoms with Crippen molar-refractivity contribution in [1.82, 2.24) is 0 Å². The van der Waals surface area contributed by atoms with Crippen molar-refractivity contribution in [2.24, 2.45) is 16.8 Å². The Bertz CT molecular complexity index is 446. The number of oxime groups is 1. The van der Waals surface area contributed by atoms with Gasteiger partial charge >= 0.3 is 0 Å². The fourth-order valence-electron chi connectivity index (χ4n) is 2.68. The summed E-state index contributed by atoms with van der Waals surface area (Å²) in [6, 6.07) is 7.62. The molecule has 0 aromatic heterocycles. The summed E-state index contributed by atoms with van der Waals surface area (Å²) in [6.07, 6.45) is 5.26. The first kappa shape index (κ1) is 13.9. The zero-order valence-electron chi connectivity index (χ0n) is 11.4. The van der Waals surface area contributed by atoms with Crippen LogP contribution in [0.3, 0.4) is 0 Å². The van der Waals surface area contributed by atoms with Crippen molar-refractivity contribution in [3.8, 4) is 0 Å². The van der Waals surface area contributed by atoms with Crippen molar-refractivity contribution >= 4 is 5.84 Å². The van der Waals surface area contributed by atoms with Crippen LogP contribution in [0.4, 0.5) is 0 Å². The Labute approximate surface area is 114 Å². The third-order valence-corrected chi connectivity index (χ3v) is 3.89. The highest BCUT2D eigenvalue weighted by molar-refractivity contribution is 5.98. The van der Waals surface area contributed by atoms with Crippen molar-refractivity contribution in [1.29, 1.82) is 0 Å². The van der Waals surface area contributed by atoms with Gasteiger partial charge in [0.25, 0.3) is 0 Å². The molecule has 4 nitrogen and oxygen atoms in total. The van der Waals surface area contributed by atoms with Crippen LogP contribution in [0.5, 0.6) is 0 Å². The van der Waals surface area contributed by atoms with E-state index in [9.17, 15) is 0 Å². The second-order valence-corrected chi connectivity index (χ2v) is 5.25. The maximum atomic E-state index is 8.79. The zero-order chi connectivity index (χ0) is 13.7. The number of nitrogens with zero attached hydrogens (tertiary/aromatic N) is 1. The van der Waals surface area contributed by atoms with Gasteiger partial charge in [-0.15, -0.1) is 0 Å². The first-order chi connectivity index (χ1) is 9.22. The van der Waals surface area contributed by atoms with Crippen molar-refractivity contribution in [2.45, 2.75) is 45.3 Å². The molecule has 2 unspecified atom stereocenters. The number of amidine groups is 1. The fraction of sp³-hybridized carbons (Fsp3) is 0.533. The molecule has 1 aliphatic carbocycles. The van der Waals surface area contributed by atoms with Gasteiger partial charge in [0.2, 0.25) is 0 Å². The van der Waals surface area contributed by atoms with Crippen molar-refractivity contribution in [3.63, 3.8) is 0 Å². The molecule has 0 bridgehead atoms. The highest BCUT2D eigenvalue weighted by atomic mass is 16.5. The van der Waals surface area contributed by atoms with Gasteiger partial charge in [-0.3, -0.25) is 0 Å². The quantitative estimate of drug-likeness (QED) is 0.379. The van der Waals surface area contributed by atoms with E-state index in [0.717, 1.165) is 17.5 Å². The monoisotopic (exact) mass is 262 g/mol. The first-order valence-electron chi connectivity index (χ1n) is 6.89. The summed E-state index contributed by atoms with van der Waals surface area (Å²) in [5.74, 6) is 0.751. The van der Waals surface area contributed by atoms with Gasteiger partial charge in [-0.25, -0.2) is 0 Å². The molecule has 0 spiro atoms. The van der Waals surface area contributed by atoms with Gasteiger partial charge < -0.3 is 15.7 Å². The lowest BCUT2D eigenvalue weighted by Gasteiger charge is -2.29. The predicted octanol–water partition coefficient (Wildman–Crippen LogP) is 2.88. The highest BCUT2D eigenvalue weighted by Gasteiger charge is 2.22. The third kappa shape index (κ3) is 3.47. The van der Waals surface area contributed by atoms with Crippen LogP contribution in [0.15, 0.2) is 29.4 Å². The molecule has 0 saturated heterocycles. The van der Waals surface area contributed by atoms with Crippen molar-refractivity contribution in [3.05, 3.63) is 35.4 Å². The van der Waals surface area contributed by atoms with Gasteiger partial charge in [-0.1, -0.05) is 49.2 Å². The molecule has 1 fully saturated rings. The van der Waals surface area contributed by atoms with Gasteiger partial charge in [-0.05, 0) is 24.3 Å². The predicted molar refractivity (Wildman–Crippen MR) is 75.2 cm³/mol. The van der Waals surface area contributed by atoms with E-state index < -0.39 is 0 Å². The fourth-order valence-corrected chi connectivity index (χ4v) is 2.68. The molecule has 0 amide bonds. The molecule has 1 aromatic rings. The Kier molecular flexibility index (Phi) is 4.80. The molecule has 19 heavy (non-hydrogen) atoms. The number of nitrogens with two attached hydrogens (primary N) is 1. The van der Waals surface area contributed by atoms with E-state index in [1.807, 2.05) is 24.3 Å². The molecule has 1 saturated carbocycles. The minimum Gasteiger partial charge on any atom is -0.409 e. The van der Waals surface area contributed by atoms with Crippen LogP contribution in [-0.2, 0) is 11.3 Å². The lowest BCUT2D eigenvalue weighted by atomic mass is 9.88. The molecular weight excluding hydrogens is 240 g/mol. The molecule has 104 valence electrons. The molecule has 0 aliphatic heterocycles. The Hall–Kier alpha value is -1.55. The van der Waals surface area contributed by atoms with Crippen LogP contribution >= 0.6 is 0 Å². The molecule has 0 heterocycles. The largest absolute Gasteiger partial charge is 0.409 e. The van der Waals surface area contributed by atoms with E-state index in [-0.39, 0.29) is 5.84 Å². The van der Waals surface area contributed by atoms with Crippen molar-refractivity contribution in [2.75, 3.05) is 0 Å². The first-order valence-corrected chi connectivity index (χ1v) is 6.89. The molecule has 1 aliphatic rings. The number of rotatable bonds is 4. The molecule has 4 heteroatoms. The summed E-state index contributed by atoms with van der Waals surface area (Å²) in [7, 11) is 0. The van der Waals surface area contributed by atoms with E-state index in [0.29, 0.717) is 18.6 Å². The molecule has 3 N–H and O–H groups in total. The molecule has 2 atom stereocenters. The van der Waals surface area contributed by atoms with E-state index >= 15 is 0 Å².